The molecule has 7 rings (SSSR count). The molecule has 64 heavy (non-hydrogen) atoms. The van der Waals surface area contributed by atoms with Gasteiger partial charge in [-0.25, -0.2) is 0 Å². The molecule has 24 nitrogen and oxygen atoms in total. The Morgan fingerprint density at radius 2 is 0.562 bits per heavy atom. The zero-order valence-electron chi connectivity index (χ0n) is 31.7. The SMILES string of the molecule is O=S(=O)(O)c1ccc(Oc2nc(Nc3ccc(Nc4nc(Oc5ccc(S(O)(O)O)cc5)nc(Oc5ccc(S(=O)(=O)O)cc5)n4)cc3)nc(Oc3ccc(S(O)(O)O)cc3)n2)cc1. The van der Waals surface area contributed by atoms with Crippen molar-refractivity contribution in [1.82, 2.24) is 29.9 Å². The Morgan fingerprint density at radius 3 is 0.781 bits per heavy atom. The van der Waals surface area contributed by atoms with E-state index in [2.05, 4.69) is 40.5 Å². The van der Waals surface area contributed by atoms with Crippen molar-refractivity contribution in [3.05, 3.63) is 121 Å². The molecule has 7 aromatic rings. The lowest BCUT2D eigenvalue weighted by Gasteiger charge is -2.19. The zero-order valence-corrected chi connectivity index (χ0v) is 35.0. The van der Waals surface area contributed by atoms with Gasteiger partial charge in [-0.05, 0) is 121 Å². The Bertz CT molecular complexity index is 2790. The van der Waals surface area contributed by atoms with Crippen molar-refractivity contribution in [1.29, 1.82) is 0 Å². The molecular formula is C36H30N8O16S4. The van der Waals surface area contributed by atoms with Gasteiger partial charge in [-0.2, -0.15) is 36.8 Å². The second-order valence-electron chi connectivity index (χ2n) is 12.6. The van der Waals surface area contributed by atoms with Crippen LogP contribution in [0.25, 0.3) is 0 Å². The lowest BCUT2D eigenvalue weighted by Crippen LogP contribution is -2.05. The Balaban J connectivity index is 1.13. The van der Waals surface area contributed by atoms with Gasteiger partial charge < -0.3 is 56.9 Å². The first kappa shape index (κ1) is 45.2. The summed E-state index contributed by atoms with van der Waals surface area (Å²) < 4.78 is 145. The van der Waals surface area contributed by atoms with Crippen LogP contribution in [-0.2, 0) is 20.2 Å². The highest BCUT2D eigenvalue weighted by Gasteiger charge is 2.19. The summed E-state index contributed by atoms with van der Waals surface area (Å²) in [6.07, 6.45) is 0. The average Bonchev–Trinajstić information content (AvgIpc) is 3.21. The molecule has 334 valence electrons. The molecule has 28 heteroatoms. The Labute approximate surface area is 364 Å². The molecule has 0 fully saturated rings. The van der Waals surface area contributed by atoms with Crippen molar-refractivity contribution < 1.29 is 72.2 Å². The van der Waals surface area contributed by atoms with Gasteiger partial charge in [0.25, 0.3) is 20.2 Å². The summed E-state index contributed by atoms with van der Waals surface area (Å²) >= 11 is 0. The maximum absolute atomic E-state index is 11.5. The van der Waals surface area contributed by atoms with Crippen LogP contribution in [0.2, 0.25) is 0 Å². The molecule has 0 bridgehead atoms. The Kier molecular flexibility index (Phi) is 12.8. The zero-order chi connectivity index (χ0) is 45.9. The molecular weight excluding hydrogens is 929 g/mol. The van der Waals surface area contributed by atoms with Gasteiger partial charge >= 0.3 is 24.0 Å². The monoisotopic (exact) mass is 958 g/mol. The van der Waals surface area contributed by atoms with Crippen LogP contribution in [0.5, 0.6) is 47.0 Å². The maximum Gasteiger partial charge on any atom is 0.330 e. The van der Waals surface area contributed by atoms with Gasteiger partial charge in [0.15, 0.2) is 0 Å². The van der Waals surface area contributed by atoms with Gasteiger partial charge in [-0.15, -0.1) is 9.97 Å². The number of hydrogen-bond donors (Lipinski definition) is 10. The topological polar surface area (TPSA) is 368 Å². The summed E-state index contributed by atoms with van der Waals surface area (Å²) in [7, 11) is -17.0. The summed E-state index contributed by atoms with van der Waals surface area (Å²) in [6, 6.07) is 24.5. The lowest BCUT2D eigenvalue weighted by atomic mass is 10.3. The minimum absolute atomic E-state index is 0.0684. The normalized spacial score (nSPS) is 12.5. The molecule has 0 unspecified atom stereocenters. The van der Waals surface area contributed by atoms with Crippen LogP contribution in [0.3, 0.4) is 0 Å². The van der Waals surface area contributed by atoms with Crippen LogP contribution in [0.4, 0.5) is 23.3 Å². The minimum Gasteiger partial charge on any atom is -0.424 e. The summed E-state index contributed by atoms with van der Waals surface area (Å²) in [5.41, 5.74) is 0.812. The fraction of sp³-hybridized carbons (Fsp3) is 0. The summed E-state index contributed by atoms with van der Waals surface area (Å²) in [5.74, 6) is 0.133. The minimum atomic E-state index is -4.48. The van der Waals surface area contributed by atoms with Crippen molar-refractivity contribution in [2.45, 2.75) is 19.6 Å². The average molecular weight is 959 g/mol. The van der Waals surface area contributed by atoms with E-state index in [9.17, 15) is 53.3 Å². The van der Waals surface area contributed by atoms with E-state index < -0.39 is 42.0 Å². The number of ether oxygens (including phenoxy) is 4. The Hall–Kier alpha value is -6.80. The first-order valence-corrected chi connectivity index (χ1v) is 23.3. The third kappa shape index (κ3) is 12.2. The van der Waals surface area contributed by atoms with E-state index in [4.69, 9.17) is 18.9 Å². The van der Waals surface area contributed by atoms with Crippen molar-refractivity contribution in [3.8, 4) is 47.0 Å². The first-order valence-electron chi connectivity index (χ1n) is 17.4. The smallest absolute Gasteiger partial charge is 0.330 e. The highest BCUT2D eigenvalue weighted by atomic mass is 32.3. The lowest BCUT2D eigenvalue weighted by molar-refractivity contribution is 0.373. The first-order chi connectivity index (χ1) is 30.1. The second-order valence-corrected chi connectivity index (χ2v) is 18.4. The van der Waals surface area contributed by atoms with E-state index in [1.807, 2.05) is 0 Å². The van der Waals surface area contributed by atoms with E-state index in [0.717, 1.165) is 24.3 Å². The predicted molar refractivity (Wildman–Crippen MR) is 226 cm³/mol. The fourth-order valence-electron chi connectivity index (χ4n) is 5.03. The molecule has 0 aliphatic rings. The van der Waals surface area contributed by atoms with E-state index >= 15 is 0 Å². The highest BCUT2D eigenvalue weighted by molar-refractivity contribution is 8.19. The van der Waals surface area contributed by atoms with E-state index in [1.165, 1.54) is 72.8 Å². The summed E-state index contributed by atoms with van der Waals surface area (Å²) in [6.45, 7) is 0. The molecule has 0 amide bonds. The standard InChI is InChI=1S/C36H30N8O16S4/c45-61(46,47)27-13-5-23(6-14-27)57-33-39-31(40-34(43-33)58-24-7-15-28(16-8-24)62(48,49)50)37-21-1-2-22(4-3-21)38-32-41-35(59-25-9-17-29(18-10-25)63(51,52)53)44-36(42-32)60-26-11-19-30(20-12-26)64(54,55)56/h1-20,45-47,51-53H,(H,48,49,50)(H,54,55,56)(H,37,39,40,43)(H,38,41,42,44). The van der Waals surface area contributed by atoms with Gasteiger partial charge in [0.2, 0.25) is 11.9 Å². The molecule has 2 aromatic heterocycles. The van der Waals surface area contributed by atoms with E-state index in [0.29, 0.717) is 11.4 Å². The second kappa shape index (κ2) is 18.1. The van der Waals surface area contributed by atoms with Crippen LogP contribution in [0, 0.1) is 0 Å². The van der Waals surface area contributed by atoms with Crippen LogP contribution >= 0.6 is 21.7 Å². The number of nitrogens with zero attached hydrogens (tertiary/aromatic N) is 6. The molecule has 0 saturated carbocycles. The molecule has 0 atom stereocenters. The van der Waals surface area contributed by atoms with Gasteiger partial charge in [0.05, 0.1) is 19.6 Å². The highest BCUT2D eigenvalue weighted by Crippen LogP contribution is 2.45. The maximum atomic E-state index is 11.5. The molecule has 0 aliphatic heterocycles. The van der Waals surface area contributed by atoms with Crippen molar-refractivity contribution in [3.63, 3.8) is 0 Å². The quantitative estimate of drug-likeness (QED) is 0.0406. The van der Waals surface area contributed by atoms with Crippen molar-refractivity contribution in [2.75, 3.05) is 10.6 Å². The van der Waals surface area contributed by atoms with Crippen LogP contribution in [0.15, 0.2) is 141 Å². The van der Waals surface area contributed by atoms with Crippen LogP contribution < -0.4 is 29.6 Å². The molecule has 10 N–H and O–H groups in total. The molecule has 2 heterocycles. The number of nitrogens with one attached hydrogen (secondary N) is 2. The van der Waals surface area contributed by atoms with E-state index in [-0.39, 0.29) is 78.5 Å². The van der Waals surface area contributed by atoms with Gasteiger partial charge in [0, 0.05) is 11.4 Å². The van der Waals surface area contributed by atoms with Crippen LogP contribution in [0.1, 0.15) is 0 Å². The summed E-state index contributed by atoms with van der Waals surface area (Å²) in [5, 5.41) is 5.93. The fourth-order valence-corrected chi connectivity index (χ4v) is 6.99. The van der Waals surface area contributed by atoms with Gasteiger partial charge in [-0.3, -0.25) is 9.11 Å². The summed E-state index contributed by atoms with van der Waals surface area (Å²) in [4.78, 5) is 24.2. The Morgan fingerprint density at radius 1 is 0.328 bits per heavy atom. The van der Waals surface area contributed by atoms with Gasteiger partial charge in [0.1, 0.15) is 44.7 Å². The number of benzene rings is 5. The molecule has 0 spiro atoms. The van der Waals surface area contributed by atoms with Gasteiger partial charge in [-0.1, -0.05) is 0 Å². The largest absolute Gasteiger partial charge is 0.424 e. The third-order valence-electron chi connectivity index (χ3n) is 7.95. The number of hydrogen-bond acceptors (Lipinski definition) is 22. The molecule has 0 aliphatic carbocycles. The molecule has 0 saturated heterocycles. The number of anilines is 4. The predicted octanol–water partition coefficient (Wildman–Crippen LogP) is 8.37. The molecule has 5 aromatic carbocycles. The number of aromatic nitrogens is 6. The van der Waals surface area contributed by atoms with Crippen molar-refractivity contribution >= 4 is 65.2 Å². The molecule has 0 radical (unpaired) electrons. The van der Waals surface area contributed by atoms with Crippen LogP contribution in [-0.4, -0.2) is 83.2 Å². The third-order valence-corrected chi connectivity index (χ3v) is 11.5. The van der Waals surface area contributed by atoms with Crippen molar-refractivity contribution in [2.24, 2.45) is 0 Å². The number of rotatable bonds is 16. The van der Waals surface area contributed by atoms with E-state index in [1.54, 1.807) is 24.3 Å².